The van der Waals surface area contributed by atoms with Crippen LogP contribution in [-0.4, -0.2) is 10.1 Å². The van der Waals surface area contributed by atoms with Gasteiger partial charge in [-0.1, -0.05) is 47.1 Å². The Morgan fingerprint density at radius 1 is 0.708 bits per heavy atom. The molecule has 2 aromatic heterocycles. The summed E-state index contributed by atoms with van der Waals surface area (Å²) in [5.74, 6) is 0. The molecule has 4 heteroatoms. The second-order valence-corrected chi connectivity index (χ2v) is 5.70. The molecule has 0 aliphatic heterocycles. The van der Waals surface area contributed by atoms with Gasteiger partial charge >= 0.3 is 0 Å². The minimum absolute atomic E-state index is 0. The first-order valence-electron chi connectivity index (χ1n) is 7.66. The first-order valence-corrected chi connectivity index (χ1v) is 7.66. The number of para-hydroxylation sites is 1. The van der Waals surface area contributed by atoms with Gasteiger partial charge in [-0.2, -0.15) is 5.10 Å². The molecule has 0 unspecified atom stereocenters. The highest BCUT2D eigenvalue weighted by Gasteiger charge is 2.16. The van der Waals surface area contributed by atoms with Crippen LogP contribution in [0, 0.1) is 0 Å². The number of nitrogens with zero attached hydrogens (tertiary/aromatic N) is 2. The number of H-pyrrole nitrogens is 1. The standard InChI is InChI=1S/C20H13N3.ClH/c1-2-6-14(7-3-1)23-13-19-16-10-11-21-12-18(16)15-8-4-5-9-17(15)20(19)22-23;/h1-13H;1H. The molecule has 5 aromatic rings. The van der Waals surface area contributed by atoms with E-state index in [1.807, 2.05) is 30.6 Å². The molecular formula is C20H14ClN3. The summed E-state index contributed by atoms with van der Waals surface area (Å²) in [6.45, 7) is 0. The molecule has 2 heterocycles. The van der Waals surface area contributed by atoms with Crippen molar-refractivity contribution in [2.45, 2.75) is 0 Å². The number of halogens is 1. The third-order valence-corrected chi connectivity index (χ3v) is 4.39. The van der Waals surface area contributed by atoms with Crippen LogP contribution < -0.4 is 17.1 Å². The van der Waals surface area contributed by atoms with Crippen molar-refractivity contribution in [3.05, 3.63) is 79.3 Å². The van der Waals surface area contributed by atoms with Crippen LogP contribution in [0.2, 0.25) is 0 Å². The van der Waals surface area contributed by atoms with Crippen LogP contribution in [-0.2, 0) is 0 Å². The number of hydrogen-bond acceptors (Lipinski definition) is 1. The van der Waals surface area contributed by atoms with Crippen LogP contribution in [0.4, 0.5) is 0 Å². The second-order valence-electron chi connectivity index (χ2n) is 5.70. The van der Waals surface area contributed by atoms with Crippen LogP contribution in [0.5, 0.6) is 0 Å². The van der Waals surface area contributed by atoms with Gasteiger partial charge in [0.2, 0.25) is 11.9 Å². The van der Waals surface area contributed by atoms with Crippen molar-refractivity contribution in [3.8, 4) is 5.69 Å². The highest BCUT2D eigenvalue weighted by Crippen LogP contribution is 2.32. The number of pyridine rings is 1. The fourth-order valence-electron chi connectivity index (χ4n) is 3.32. The third kappa shape index (κ3) is 2.06. The molecule has 0 amide bonds. The number of aromatic nitrogens is 3. The van der Waals surface area contributed by atoms with Crippen molar-refractivity contribution in [1.29, 1.82) is 0 Å². The summed E-state index contributed by atoms with van der Waals surface area (Å²) in [5, 5.41) is 9.61. The second kappa shape index (κ2) is 5.62. The van der Waals surface area contributed by atoms with E-state index >= 15 is 0 Å². The lowest BCUT2D eigenvalue weighted by molar-refractivity contribution is -0.652. The Kier molecular flexibility index (Phi) is 3.44. The van der Waals surface area contributed by atoms with Crippen molar-refractivity contribution < 1.29 is 17.1 Å². The van der Waals surface area contributed by atoms with Gasteiger partial charge in [0, 0.05) is 40.7 Å². The molecule has 24 heavy (non-hydrogen) atoms. The normalized spacial score (nSPS) is 11.0. The molecule has 0 fully saturated rings. The predicted molar refractivity (Wildman–Crippen MR) is 92.6 cm³/mol. The van der Waals surface area contributed by atoms with E-state index in [2.05, 4.69) is 63.4 Å². The van der Waals surface area contributed by atoms with E-state index in [0.717, 1.165) is 11.2 Å². The number of fused-ring (bicyclic) bond motifs is 6. The maximum atomic E-state index is 4.32. The van der Waals surface area contributed by atoms with Gasteiger partial charge in [0.05, 0.1) is 5.39 Å². The molecule has 116 valence electrons. The van der Waals surface area contributed by atoms with E-state index in [9.17, 15) is 0 Å². The Bertz CT molecular complexity index is 1090. The number of hydrogen-bond donors (Lipinski definition) is 1. The van der Waals surface area contributed by atoms with Crippen molar-refractivity contribution in [2.75, 3.05) is 0 Å². The molecule has 0 spiro atoms. The van der Waals surface area contributed by atoms with Gasteiger partial charge in [-0.15, -0.1) is 0 Å². The summed E-state index contributed by atoms with van der Waals surface area (Å²) >= 11 is 0. The average Bonchev–Trinajstić information content (AvgIpc) is 3.09. The van der Waals surface area contributed by atoms with Gasteiger partial charge in [0.15, 0.2) is 0 Å². The summed E-state index contributed by atoms with van der Waals surface area (Å²) in [5.41, 5.74) is 2.28. The van der Waals surface area contributed by atoms with Gasteiger partial charge in [0.25, 0.3) is 0 Å². The Balaban J connectivity index is 0.00000146. The van der Waals surface area contributed by atoms with Crippen LogP contribution in [0.1, 0.15) is 0 Å². The van der Waals surface area contributed by atoms with Crippen LogP contribution >= 0.6 is 0 Å². The molecule has 0 aliphatic carbocycles. The maximum Gasteiger partial charge on any atom is 0.235 e. The Morgan fingerprint density at radius 2 is 1.42 bits per heavy atom. The summed E-state index contributed by atoms with van der Waals surface area (Å²) in [6.07, 6.45) is 5.98. The van der Waals surface area contributed by atoms with E-state index in [4.69, 9.17) is 0 Å². The molecule has 0 radical (unpaired) electrons. The lowest BCUT2D eigenvalue weighted by Crippen LogP contribution is -3.00. The van der Waals surface area contributed by atoms with Crippen molar-refractivity contribution >= 4 is 32.4 Å². The SMILES string of the molecule is [Cl-].c1ccc(-[n+]2cc3c4ccncc4c4ccccc4c3[nH]2)cc1. The Labute approximate surface area is 145 Å². The van der Waals surface area contributed by atoms with E-state index in [1.165, 1.54) is 26.9 Å². The van der Waals surface area contributed by atoms with Crippen LogP contribution in [0.15, 0.2) is 79.3 Å². The zero-order valence-electron chi connectivity index (χ0n) is 12.8. The smallest absolute Gasteiger partial charge is 0.235 e. The zero-order chi connectivity index (χ0) is 15.2. The summed E-state index contributed by atoms with van der Waals surface area (Å²) < 4.78 is 2.08. The minimum atomic E-state index is 0. The van der Waals surface area contributed by atoms with E-state index < -0.39 is 0 Å². The Morgan fingerprint density at radius 3 is 2.25 bits per heavy atom. The van der Waals surface area contributed by atoms with Gasteiger partial charge < -0.3 is 12.4 Å². The Hall–Kier alpha value is -2.91. The molecule has 0 saturated carbocycles. The van der Waals surface area contributed by atoms with E-state index in [1.54, 1.807) is 0 Å². The first-order chi connectivity index (χ1) is 11.4. The topological polar surface area (TPSA) is 32.6 Å². The lowest BCUT2D eigenvalue weighted by Gasteiger charge is -2.03. The molecule has 5 rings (SSSR count). The quantitative estimate of drug-likeness (QED) is 0.363. The minimum Gasteiger partial charge on any atom is -1.00 e. The molecule has 0 bridgehead atoms. The number of aromatic amines is 1. The molecule has 0 saturated heterocycles. The fraction of sp³-hybridized carbons (Fsp3) is 0. The number of rotatable bonds is 1. The monoisotopic (exact) mass is 331 g/mol. The molecular weight excluding hydrogens is 318 g/mol. The average molecular weight is 332 g/mol. The molecule has 1 N–H and O–H groups in total. The third-order valence-electron chi connectivity index (χ3n) is 4.39. The zero-order valence-corrected chi connectivity index (χ0v) is 13.5. The maximum absolute atomic E-state index is 4.32. The predicted octanol–water partition coefficient (Wildman–Crippen LogP) is 1.15. The number of benzene rings is 3. The lowest BCUT2D eigenvalue weighted by atomic mass is 10.0. The molecule has 3 nitrogen and oxygen atoms in total. The fourth-order valence-corrected chi connectivity index (χ4v) is 3.32. The van der Waals surface area contributed by atoms with Crippen molar-refractivity contribution in [1.82, 2.24) is 10.1 Å². The van der Waals surface area contributed by atoms with Gasteiger partial charge in [-0.3, -0.25) is 4.98 Å². The van der Waals surface area contributed by atoms with E-state index in [-0.39, 0.29) is 12.4 Å². The molecule has 3 aromatic carbocycles. The van der Waals surface area contributed by atoms with E-state index in [0.29, 0.717) is 0 Å². The van der Waals surface area contributed by atoms with Gasteiger partial charge in [-0.05, 0) is 11.5 Å². The highest BCUT2D eigenvalue weighted by molar-refractivity contribution is 6.23. The van der Waals surface area contributed by atoms with Crippen molar-refractivity contribution in [3.63, 3.8) is 0 Å². The van der Waals surface area contributed by atoms with Crippen LogP contribution in [0.25, 0.3) is 38.1 Å². The molecule has 0 atom stereocenters. The number of nitrogens with one attached hydrogen (secondary N) is 1. The first kappa shape index (κ1) is 14.7. The van der Waals surface area contributed by atoms with Gasteiger partial charge in [0.1, 0.15) is 5.52 Å². The summed E-state index contributed by atoms with van der Waals surface area (Å²) in [7, 11) is 0. The largest absolute Gasteiger partial charge is 1.00 e. The summed E-state index contributed by atoms with van der Waals surface area (Å²) in [6, 6.07) is 20.9. The summed E-state index contributed by atoms with van der Waals surface area (Å²) in [4.78, 5) is 4.32. The van der Waals surface area contributed by atoms with Crippen LogP contribution in [0.3, 0.4) is 0 Å². The van der Waals surface area contributed by atoms with Crippen molar-refractivity contribution in [2.24, 2.45) is 0 Å². The highest BCUT2D eigenvalue weighted by atomic mass is 35.5. The molecule has 0 aliphatic rings. The van der Waals surface area contributed by atoms with Gasteiger partial charge in [-0.25, -0.2) is 0 Å².